The third-order valence-electron chi connectivity index (χ3n) is 2.75. The molecule has 0 fully saturated rings. The molecular weight excluding hydrogens is 269 g/mol. The monoisotopic (exact) mass is 281 g/mol. The molecule has 4 heteroatoms. The Kier molecular flexibility index (Phi) is 4.12. The standard InChI is InChI=1S/C14H13Cl2NO/c1-18-14-5-2-9(7-13(14)16)12-4-3-11(15)6-10(12)8-17/h2-7H,8,17H2,1H3. The SMILES string of the molecule is COc1ccc(-c2ccc(Cl)cc2CN)cc1Cl. The van der Waals surface area contributed by atoms with Crippen LogP contribution in [0.3, 0.4) is 0 Å². The zero-order valence-corrected chi connectivity index (χ0v) is 11.4. The molecule has 2 aromatic rings. The molecule has 0 saturated carbocycles. The average Bonchev–Trinajstić information content (AvgIpc) is 2.38. The molecule has 0 heterocycles. The molecule has 0 aromatic heterocycles. The Balaban J connectivity index is 2.51. The van der Waals surface area contributed by atoms with E-state index in [4.69, 9.17) is 33.7 Å². The third-order valence-corrected chi connectivity index (χ3v) is 3.28. The fraction of sp³-hybridized carbons (Fsp3) is 0.143. The van der Waals surface area contributed by atoms with Crippen molar-refractivity contribution in [2.75, 3.05) is 7.11 Å². The lowest BCUT2D eigenvalue weighted by Gasteiger charge is -2.10. The van der Waals surface area contributed by atoms with Gasteiger partial charge in [0.1, 0.15) is 5.75 Å². The summed E-state index contributed by atoms with van der Waals surface area (Å²) in [6.45, 7) is 0.430. The second-order valence-electron chi connectivity index (χ2n) is 3.85. The van der Waals surface area contributed by atoms with Gasteiger partial charge in [0.25, 0.3) is 0 Å². The van der Waals surface area contributed by atoms with Crippen LogP contribution >= 0.6 is 23.2 Å². The van der Waals surface area contributed by atoms with Crippen molar-refractivity contribution in [2.24, 2.45) is 5.73 Å². The normalized spacial score (nSPS) is 10.4. The molecule has 2 rings (SSSR count). The van der Waals surface area contributed by atoms with E-state index in [9.17, 15) is 0 Å². The highest BCUT2D eigenvalue weighted by molar-refractivity contribution is 6.32. The molecule has 0 radical (unpaired) electrons. The van der Waals surface area contributed by atoms with Crippen molar-refractivity contribution in [3.63, 3.8) is 0 Å². The molecule has 2 aromatic carbocycles. The van der Waals surface area contributed by atoms with Gasteiger partial charge in [0.2, 0.25) is 0 Å². The van der Waals surface area contributed by atoms with Crippen LogP contribution in [-0.2, 0) is 6.54 Å². The summed E-state index contributed by atoms with van der Waals surface area (Å²) in [5, 5.41) is 1.26. The van der Waals surface area contributed by atoms with Crippen molar-refractivity contribution in [2.45, 2.75) is 6.54 Å². The minimum absolute atomic E-state index is 0.430. The predicted octanol–water partition coefficient (Wildman–Crippen LogP) is 4.13. The van der Waals surface area contributed by atoms with Crippen molar-refractivity contribution in [1.82, 2.24) is 0 Å². The summed E-state index contributed by atoms with van der Waals surface area (Å²) in [6.07, 6.45) is 0. The first-order valence-corrected chi connectivity index (χ1v) is 6.23. The van der Waals surface area contributed by atoms with Gasteiger partial charge in [-0.2, -0.15) is 0 Å². The molecule has 2 N–H and O–H groups in total. The second kappa shape index (κ2) is 5.61. The molecule has 0 aliphatic carbocycles. The largest absolute Gasteiger partial charge is 0.495 e. The van der Waals surface area contributed by atoms with E-state index in [0.717, 1.165) is 16.7 Å². The Labute approximate surface area is 116 Å². The van der Waals surface area contributed by atoms with Crippen LogP contribution in [-0.4, -0.2) is 7.11 Å². The van der Waals surface area contributed by atoms with E-state index in [1.54, 1.807) is 7.11 Å². The van der Waals surface area contributed by atoms with Gasteiger partial charge in [-0.3, -0.25) is 0 Å². The van der Waals surface area contributed by atoms with Crippen LogP contribution in [0.2, 0.25) is 10.0 Å². The molecule has 0 aliphatic rings. The highest BCUT2D eigenvalue weighted by atomic mass is 35.5. The first-order valence-electron chi connectivity index (χ1n) is 5.48. The molecule has 2 nitrogen and oxygen atoms in total. The number of halogens is 2. The molecule has 18 heavy (non-hydrogen) atoms. The van der Waals surface area contributed by atoms with Crippen LogP contribution < -0.4 is 10.5 Å². The van der Waals surface area contributed by atoms with Crippen molar-refractivity contribution in [1.29, 1.82) is 0 Å². The Morgan fingerprint density at radius 3 is 2.50 bits per heavy atom. The molecule has 0 aliphatic heterocycles. The van der Waals surface area contributed by atoms with Gasteiger partial charge in [0.15, 0.2) is 0 Å². The van der Waals surface area contributed by atoms with E-state index < -0.39 is 0 Å². The molecule has 0 spiro atoms. The van der Waals surface area contributed by atoms with E-state index in [2.05, 4.69) is 0 Å². The molecular formula is C14H13Cl2NO. The first kappa shape index (κ1) is 13.2. The van der Waals surface area contributed by atoms with Crippen LogP contribution in [0.1, 0.15) is 5.56 Å². The Morgan fingerprint density at radius 1 is 1.11 bits per heavy atom. The van der Waals surface area contributed by atoms with Crippen LogP contribution in [0.5, 0.6) is 5.75 Å². The maximum Gasteiger partial charge on any atom is 0.137 e. The Bertz CT molecular complexity index is 570. The number of rotatable bonds is 3. The van der Waals surface area contributed by atoms with E-state index in [-0.39, 0.29) is 0 Å². The van der Waals surface area contributed by atoms with Gasteiger partial charge in [-0.05, 0) is 41.0 Å². The van der Waals surface area contributed by atoms with Gasteiger partial charge < -0.3 is 10.5 Å². The number of ether oxygens (including phenoxy) is 1. The number of nitrogens with two attached hydrogens (primary N) is 1. The molecule has 0 bridgehead atoms. The van der Waals surface area contributed by atoms with E-state index >= 15 is 0 Å². The summed E-state index contributed by atoms with van der Waals surface area (Å²) in [7, 11) is 1.59. The quantitative estimate of drug-likeness (QED) is 0.918. The lowest BCUT2D eigenvalue weighted by Crippen LogP contribution is -1.99. The van der Waals surface area contributed by atoms with Crippen LogP contribution in [0.15, 0.2) is 36.4 Å². The zero-order valence-electron chi connectivity index (χ0n) is 9.91. The third kappa shape index (κ3) is 2.61. The Hall–Kier alpha value is -1.22. The molecule has 0 atom stereocenters. The summed E-state index contributed by atoms with van der Waals surface area (Å²) in [5.41, 5.74) is 8.76. The average molecular weight is 282 g/mol. The first-order chi connectivity index (χ1) is 8.65. The lowest BCUT2D eigenvalue weighted by molar-refractivity contribution is 0.415. The molecule has 0 saturated heterocycles. The molecule has 94 valence electrons. The lowest BCUT2D eigenvalue weighted by atomic mass is 9.99. The number of benzene rings is 2. The summed E-state index contributed by atoms with van der Waals surface area (Å²) >= 11 is 12.1. The molecule has 0 unspecified atom stereocenters. The maximum atomic E-state index is 6.12. The highest BCUT2D eigenvalue weighted by Crippen LogP contribution is 2.32. The smallest absolute Gasteiger partial charge is 0.137 e. The highest BCUT2D eigenvalue weighted by Gasteiger charge is 2.08. The van der Waals surface area contributed by atoms with Gasteiger partial charge in [0.05, 0.1) is 12.1 Å². The van der Waals surface area contributed by atoms with Gasteiger partial charge in [-0.25, -0.2) is 0 Å². The minimum atomic E-state index is 0.430. The minimum Gasteiger partial charge on any atom is -0.495 e. The van der Waals surface area contributed by atoms with Gasteiger partial charge in [0, 0.05) is 11.6 Å². The second-order valence-corrected chi connectivity index (χ2v) is 4.70. The van der Waals surface area contributed by atoms with Crippen LogP contribution in [0.25, 0.3) is 11.1 Å². The van der Waals surface area contributed by atoms with E-state index in [1.165, 1.54) is 0 Å². The van der Waals surface area contributed by atoms with Crippen molar-refractivity contribution < 1.29 is 4.74 Å². The fourth-order valence-electron chi connectivity index (χ4n) is 1.85. The van der Waals surface area contributed by atoms with E-state index in [1.807, 2.05) is 36.4 Å². The van der Waals surface area contributed by atoms with Crippen molar-refractivity contribution in [3.8, 4) is 16.9 Å². The van der Waals surface area contributed by atoms with Crippen molar-refractivity contribution in [3.05, 3.63) is 52.0 Å². The fourth-order valence-corrected chi connectivity index (χ4v) is 2.30. The summed E-state index contributed by atoms with van der Waals surface area (Å²) in [4.78, 5) is 0. The Morgan fingerprint density at radius 2 is 1.89 bits per heavy atom. The van der Waals surface area contributed by atoms with E-state index in [0.29, 0.717) is 22.3 Å². The molecule has 0 amide bonds. The number of hydrogen-bond donors (Lipinski definition) is 1. The number of methoxy groups -OCH3 is 1. The summed E-state index contributed by atoms with van der Waals surface area (Å²) < 4.78 is 5.13. The summed E-state index contributed by atoms with van der Waals surface area (Å²) in [6, 6.07) is 11.3. The van der Waals surface area contributed by atoms with Gasteiger partial charge in [-0.1, -0.05) is 35.3 Å². The maximum absolute atomic E-state index is 6.12. The van der Waals surface area contributed by atoms with Crippen LogP contribution in [0, 0.1) is 0 Å². The van der Waals surface area contributed by atoms with Gasteiger partial charge >= 0.3 is 0 Å². The van der Waals surface area contributed by atoms with Gasteiger partial charge in [-0.15, -0.1) is 0 Å². The predicted molar refractivity (Wildman–Crippen MR) is 76.3 cm³/mol. The summed E-state index contributed by atoms with van der Waals surface area (Å²) in [5.74, 6) is 0.656. The number of hydrogen-bond acceptors (Lipinski definition) is 2. The zero-order chi connectivity index (χ0) is 13.1. The van der Waals surface area contributed by atoms with Crippen molar-refractivity contribution >= 4 is 23.2 Å². The van der Waals surface area contributed by atoms with Crippen LogP contribution in [0.4, 0.5) is 0 Å². The topological polar surface area (TPSA) is 35.2 Å².